The minimum atomic E-state index is 0.0490. The van der Waals surface area contributed by atoms with Crippen molar-refractivity contribution < 1.29 is 4.79 Å². The topological polar surface area (TPSA) is 71.8 Å². The van der Waals surface area contributed by atoms with Crippen molar-refractivity contribution >= 4 is 22.9 Å². The number of carbonyl (C=O) groups excluding carboxylic acids is 1. The second-order valence-electron chi connectivity index (χ2n) is 7.43. The summed E-state index contributed by atoms with van der Waals surface area (Å²) in [6, 6.07) is 14.0. The van der Waals surface area contributed by atoms with E-state index >= 15 is 0 Å². The van der Waals surface area contributed by atoms with Crippen LogP contribution < -0.4 is 10.6 Å². The Morgan fingerprint density at radius 3 is 2.79 bits per heavy atom. The number of aromatic nitrogens is 3. The van der Waals surface area contributed by atoms with Crippen LogP contribution in [0.4, 0.5) is 5.95 Å². The van der Waals surface area contributed by atoms with Crippen LogP contribution in [-0.4, -0.2) is 33.5 Å². The lowest BCUT2D eigenvalue weighted by molar-refractivity contribution is -0.116. The first-order valence-corrected chi connectivity index (χ1v) is 10.2. The van der Waals surface area contributed by atoms with Crippen LogP contribution in [-0.2, 0) is 17.8 Å². The van der Waals surface area contributed by atoms with E-state index in [1.54, 1.807) is 0 Å². The highest BCUT2D eigenvalue weighted by Crippen LogP contribution is 2.22. The number of nitrogens with zero attached hydrogens (tertiary/aromatic N) is 3. The summed E-state index contributed by atoms with van der Waals surface area (Å²) >= 11 is 0. The first-order chi connectivity index (χ1) is 13.8. The molecule has 0 aliphatic carbocycles. The fraction of sp³-hybridized carbons (Fsp3) is 0.409. The lowest BCUT2D eigenvalue weighted by Gasteiger charge is -2.22. The van der Waals surface area contributed by atoms with E-state index in [0.29, 0.717) is 18.3 Å². The maximum Gasteiger partial charge on any atom is 0.226 e. The van der Waals surface area contributed by atoms with Crippen molar-refractivity contribution in [2.24, 2.45) is 5.92 Å². The quantitative estimate of drug-likeness (QED) is 0.662. The SMILES string of the molecule is O=C(CCC1CCNCC1)Nc1nc2ccccc2n1CCc1ccccn1. The normalized spacial score (nSPS) is 15.0. The molecule has 3 heterocycles. The van der Waals surface area contributed by atoms with Gasteiger partial charge in [0, 0.05) is 31.3 Å². The maximum absolute atomic E-state index is 12.6. The van der Waals surface area contributed by atoms with Gasteiger partial charge in [-0.3, -0.25) is 15.1 Å². The number of hydrogen-bond donors (Lipinski definition) is 2. The third-order valence-electron chi connectivity index (χ3n) is 5.46. The Morgan fingerprint density at radius 2 is 1.96 bits per heavy atom. The number of piperidine rings is 1. The molecular weight excluding hydrogens is 350 g/mol. The molecule has 4 rings (SSSR count). The summed E-state index contributed by atoms with van der Waals surface area (Å²) in [5.41, 5.74) is 2.97. The first kappa shape index (κ1) is 18.6. The summed E-state index contributed by atoms with van der Waals surface area (Å²) in [5, 5.41) is 6.43. The van der Waals surface area contributed by atoms with Gasteiger partial charge in [0.1, 0.15) is 0 Å². The molecule has 0 radical (unpaired) electrons. The number of pyridine rings is 1. The number of fused-ring (bicyclic) bond motifs is 1. The Hall–Kier alpha value is -2.73. The highest BCUT2D eigenvalue weighted by Gasteiger charge is 2.17. The summed E-state index contributed by atoms with van der Waals surface area (Å²) in [5.74, 6) is 1.33. The minimum Gasteiger partial charge on any atom is -0.317 e. The van der Waals surface area contributed by atoms with Crippen molar-refractivity contribution in [3.05, 3.63) is 54.4 Å². The average Bonchev–Trinajstić information content (AvgIpc) is 3.09. The molecule has 0 atom stereocenters. The molecule has 0 spiro atoms. The van der Waals surface area contributed by atoms with E-state index in [-0.39, 0.29) is 5.91 Å². The fourth-order valence-electron chi connectivity index (χ4n) is 3.86. The largest absolute Gasteiger partial charge is 0.317 e. The molecule has 1 fully saturated rings. The molecule has 1 aliphatic heterocycles. The molecule has 0 bridgehead atoms. The fourth-order valence-corrected chi connectivity index (χ4v) is 3.86. The molecule has 1 aromatic carbocycles. The van der Waals surface area contributed by atoms with Crippen LogP contribution in [0.3, 0.4) is 0 Å². The number of rotatable bonds is 7. The predicted molar refractivity (Wildman–Crippen MR) is 111 cm³/mol. The Labute approximate surface area is 165 Å². The molecule has 0 unspecified atom stereocenters. The summed E-state index contributed by atoms with van der Waals surface area (Å²) in [6.45, 7) is 2.85. The highest BCUT2D eigenvalue weighted by molar-refractivity contribution is 5.91. The van der Waals surface area contributed by atoms with Crippen LogP contribution in [0.1, 0.15) is 31.4 Å². The molecule has 28 heavy (non-hydrogen) atoms. The van der Waals surface area contributed by atoms with Crippen molar-refractivity contribution in [1.29, 1.82) is 0 Å². The molecule has 146 valence electrons. The molecule has 2 aromatic heterocycles. The third-order valence-corrected chi connectivity index (χ3v) is 5.46. The van der Waals surface area contributed by atoms with Crippen molar-refractivity contribution in [2.75, 3.05) is 18.4 Å². The number of hydrogen-bond acceptors (Lipinski definition) is 4. The van der Waals surface area contributed by atoms with Crippen molar-refractivity contribution in [1.82, 2.24) is 19.9 Å². The standard InChI is InChI=1S/C22H27N5O/c28-21(9-8-17-10-14-23-15-11-17)26-22-25-19-6-1-2-7-20(19)27(22)16-12-18-5-3-4-13-24-18/h1-7,13,17,23H,8-12,14-16H2,(H,25,26,28). The van der Waals surface area contributed by atoms with Gasteiger partial charge in [0.2, 0.25) is 11.9 Å². The Bertz CT molecular complexity index is 915. The van der Waals surface area contributed by atoms with Crippen molar-refractivity contribution in [3.63, 3.8) is 0 Å². The van der Waals surface area contributed by atoms with E-state index in [2.05, 4.69) is 25.2 Å². The molecular formula is C22H27N5O. The number of amides is 1. The zero-order chi connectivity index (χ0) is 19.2. The Kier molecular flexibility index (Phi) is 5.97. The van der Waals surface area contributed by atoms with Crippen LogP contribution in [0, 0.1) is 5.92 Å². The molecule has 2 N–H and O–H groups in total. The molecule has 6 heteroatoms. The molecule has 0 saturated carbocycles. The summed E-state index contributed by atoms with van der Waals surface area (Å²) in [6.07, 6.45) is 6.42. The molecule has 1 saturated heterocycles. The predicted octanol–water partition coefficient (Wildman–Crippen LogP) is 3.39. The van der Waals surface area contributed by atoms with Gasteiger partial charge in [-0.1, -0.05) is 18.2 Å². The second-order valence-corrected chi connectivity index (χ2v) is 7.43. The maximum atomic E-state index is 12.6. The van der Waals surface area contributed by atoms with Crippen LogP contribution in [0.15, 0.2) is 48.7 Å². The zero-order valence-corrected chi connectivity index (χ0v) is 16.1. The monoisotopic (exact) mass is 377 g/mol. The minimum absolute atomic E-state index is 0.0490. The number of imidazole rings is 1. The van der Waals surface area contributed by atoms with E-state index in [1.165, 1.54) is 0 Å². The zero-order valence-electron chi connectivity index (χ0n) is 16.1. The van der Waals surface area contributed by atoms with Gasteiger partial charge < -0.3 is 9.88 Å². The van der Waals surface area contributed by atoms with E-state index in [4.69, 9.17) is 0 Å². The van der Waals surface area contributed by atoms with Gasteiger partial charge >= 0.3 is 0 Å². The lowest BCUT2D eigenvalue weighted by atomic mass is 9.93. The van der Waals surface area contributed by atoms with Gasteiger partial charge in [-0.2, -0.15) is 0 Å². The van der Waals surface area contributed by atoms with E-state index in [9.17, 15) is 4.79 Å². The van der Waals surface area contributed by atoms with Crippen LogP contribution in [0.25, 0.3) is 11.0 Å². The second kappa shape index (κ2) is 8.97. The van der Waals surface area contributed by atoms with E-state index in [0.717, 1.165) is 62.0 Å². The van der Waals surface area contributed by atoms with Gasteiger partial charge in [-0.05, 0) is 62.5 Å². The lowest BCUT2D eigenvalue weighted by Crippen LogP contribution is -2.28. The molecule has 1 aliphatic rings. The molecule has 3 aromatic rings. The smallest absolute Gasteiger partial charge is 0.226 e. The number of aryl methyl sites for hydroxylation is 2. The summed E-state index contributed by atoms with van der Waals surface area (Å²) in [7, 11) is 0. The van der Waals surface area contributed by atoms with Crippen molar-refractivity contribution in [3.8, 4) is 0 Å². The van der Waals surface area contributed by atoms with E-state index < -0.39 is 0 Å². The number of nitrogens with one attached hydrogen (secondary N) is 2. The van der Waals surface area contributed by atoms with Gasteiger partial charge in [-0.15, -0.1) is 0 Å². The number of benzene rings is 1. The summed E-state index contributed by atoms with van der Waals surface area (Å²) in [4.78, 5) is 21.6. The van der Waals surface area contributed by atoms with Crippen LogP contribution >= 0.6 is 0 Å². The molecule has 1 amide bonds. The Morgan fingerprint density at radius 1 is 1.14 bits per heavy atom. The first-order valence-electron chi connectivity index (χ1n) is 10.2. The third kappa shape index (κ3) is 4.57. The summed E-state index contributed by atoms with van der Waals surface area (Å²) < 4.78 is 2.09. The average molecular weight is 377 g/mol. The highest BCUT2D eigenvalue weighted by atomic mass is 16.1. The number of para-hydroxylation sites is 2. The van der Waals surface area contributed by atoms with Crippen molar-refractivity contribution in [2.45, 2.75) is 38.6 Å². The number of carbonyl (C=O) groups is 1. The van der Waals surface area contributed by atoms with Gasteiger partial charge in [0.25, 0.3) is 0 Å². The van der Waals surface area contributed by atoms with Gasteiger partial charge in [-0.25, -0.2) is 4.98 Å². The van der Waals surface area contributed by atoms with Gasteiger partial charge in [0.15, 0.2) is 0 Å². The molecule has 6 nitrogen and oxygen atoms in total. The van der Waals surface area contributed by atoms with Gasteiger partial charge in [0.05, 0.1) is 11.0 Å². The van der Waals surface area contributed by atoms with E-state index in [1.807, 2.05) is 48.7 Å². The number of anilines is 1. The Balaban J connectivity index is 1.45. The van der Waals surface area contributed by atoms with Crippen LogP contribution in [0.5, 0.6) is 0 Å². The van der Waals surface area contributed by atoms with Crippen LogP contribution in [0.2, 0.25) is 0 Å².